The summed E-state index contributed by atoms with van der Waals surface area (Å²) in [5, 5.41) is 3.16. The summed E-state index contributed by atoms with van der Waals surface area (Å²) in [4.78, 5) is 19.6. The van der Waals surface area contributed by atoms with Crippen molar-refractivity contribution >= 4 is 11.7 Å². The number of amides is 2. The van der Waals surface area contributed by atoms with Crippen LogP contribution in [0.5, 0.6) is 0 Å². The van der Waals surface area contributed by atoms with E-state index in [-0.39, 0.29) is 6.03 Å². The van der Waals surface area contributed by atoms with Crippen molar-refractivity contribution in [3.63, 3.8) is 0 Å². The number of urea groups is 1. The first kappa shape index (κ1) is 19.7. The van der Waals surface area contributed by atoms with Gasteiger partial charge in [0.15, 0.2) is 0 Å². The van der Waals surface area contributed by atoms with Gasteiger partial charge in [0, 0.05) is 31.4 Å². The van der Waals surface area contributed by atoms with Gasteiger partial charge >= 0.3 is 6.03 Å². The molecule has 0 saturated carbocycles. The van der Waals surface area contributed by atoms with Crippen LogP contribution in [0.3, 0.4) is 0 Å². The molecule has 0 bridgehead atoms. The minimum atomic E-state index is 0.0159. The van der Waals surface area contributed by atoms with Crippen molar-refractivity contribution in [2.24, 2.45) is 0 Å². The molecule has 1 N–H and O–H groups in total. The molecule has 140 valence electrons. The minimum absolute atomic E-state index is 0.0159. The third-order valence-electron chi connectivity index (χ3n) is 5.15. The summed E-state index contributed by atoms with van der Waals surface area (Å²) in [7, 11) is 4.10. The predicted molar refractivity (Wildman–Crippen MR) is 105 cm³/mol. The molecule has 0 unspecified atom stereocenters. The SMILES string of the molecule is CCN1CCC[C@@H]1CN(CCN(C)C)C(=O)Nc1c(C)cccc1C. The fraction of sp³-hybridized carbons (Fsp3) is 0.650. The number of likely N-dealkylation sites (N-methyl/N-ethyl adjacent to an activating group) is 2. The Morgan fingerprint density at radius 1 is 1.24 bits per heavy atom. The highest BCUT2D eigenvalue weighted by molar-refractivity contribution is 5.91. The number of hydrogen-bond acceptors (Lipinski definition) is 3. The van der Waals surface area contributed by atoms with Gasteiger partial charge in [-0.15, -0.1) is 0 Å². The number of aryl methyl sites for hydroxylation is 2. The first-order valence-electron chi connectivity index (χ1n) is 9.43. The summed E-state index contributed by atoms with van der Waals surface area (Å²) in [6.07, 6.45) is 2.42. The number of carbonyl (C=O) groups excluding carboxylic acids is 1. The van der Waals surface area contributed by atoms with Crippen molar-refractivity contribution in [3.8, 4) is 0 Å². The van der Waals surface area contributed by atoms with Gasteiger partial charge in [-0.05, 0) is 65.0 Å². The normalized spacial score (nSPS) is 17.9. The largest absolute Gasteiger partial charge is 0.322 e. The lowest BCUT2D eigenvalue weighted by atomic mass is 10.1. The van der Waals surface area contributed by atoms with Crippen LogP contribution in [0.2, 0.25) is 0 Å². The Kier molecular flexibility index (Phi) is 7.26. The number of nitrogens with zero attached hydrogens (tertiary/aromatic N) is 3. The van der Waals surface area contributed by atoms with Crippen LogP contribution in [-0.2, 0) is 0 Å². The van der Waals surface area contributed by atoms with Gasteiger partial charge in [-0.1, -0.05) is 25.1 Å². The molecule has 0 spiro atoms. The Morgan fingerprint density at radius 3 is 2.52 bits per heavy atom. The summed E-state index contributed by atoms with van der Waals surface area (Å²) in [6, 6.07) is 6.62. The van der Waals surface area contributed by atoms with Gasteiger partial charge in [0.1, 0.15) is 0 Å². The van der Waals surface area contributed by atoms with Crippen molar-refractivity contribution in [3.05, 3.63) is 29.3 Å². The summed E-state index contributed by atoms with van der Waals surface area (Å²) < 4.78 is 0. The number of hydrogen-bond donors (Lipinski definition) is 1. The van der Waals surface area contributed by atoms with Crippen molar-refractivity contribution in [2.45, 2.75) is 39.7 Å². The molecule has 1 atom stereocenters. The van der Waals surface area contributed by atoms with Crippen molar-refractivity contribution < 1.29 is 4.79 Å². The van der Waals surface area contributed by atoms with Crippen LogP contribution in [0, 0.1) is 13.8 Å². The Balaban J connectivity index is 2.09. The average molecular weight is 347 g/mol. The van der Waals surface area contributed by atoms with E-state index in [1.54, 1.807) is 0 Å². The highest BCUT2D eigenvalue weighted by atomic mass is 16.2. The van der Waals surface area contributed by atoms with Crippen LogP contribution in [0.15, 0.2) is 18.2 Å². The van der Waals surface area contributed by atoms with Crippen LogP contribution in [-0.4, -0.2) is 73.6 Å². The van der Waals surface area contributed by atoms with E-state index < -0.39 is 0 Å². The average Bonchev–Trinajstić information content (AvgIpc) is 3.01. The molecular formula is C20H34N4O. The van der Waals surface area contributed by atoms with Crippen LogP contribution in [0.1, 0.15) is 30.9 Å². The lowest BCUT2D eigenvalue weighted by Gasteiger charge is -2.31. The maximum Gasteiger partial charge on any atom is 0.321 e. The molecule has 0 radical (unpaired) electrons. The molecule has 0 aliphatic carbocycles. The smallest absolute Gasteiger partial charge is 0.321 e. The molecule has 1 aliphatic heterocycles. The molecule has 0 aromatic heterocycles. The zero-order chi connectivity index (χ0) is 18.4. The van der Waals surface area contributed by atoms with E-state index in [9.17, 15) is 4.79 Å². The number of anilines is 1. The van der Waals surface area contributed by atoms with Crippen LogP contribution < -0.4 is 5.32 Å². The van der Waals surface area contributed by atoms with Gasteiger partial charge < -0.3 is 15.1 Å². The van der Waals surface area contributed by atoms with Gasteiger partial charge in [0.2, 0.25) is 0 Å². The number of para-hydroxylation sites is 1. The molecule has 1 fully saturated rings. The van der Waals surface area contributed by atoms with E-state index in [0.29, 0.717) is 6.04 Å². The fourth-order valence-corrected chi connectivity index (χ4v) is 3.57. The lowest BCUT2D eigenvalue weighted by Crippen LogP contribution is -2.47. The zero-order valence-electron chi connectivity index (χ0n) is 16.5. The summed E-state index contributed by atoms with van der Waals surface area (Å²) in [6.45, 7) is 10.9. The Hall–Kier alpha value is -1.59. The van der Waals surface area contributed by atoms with Crippen molar-refractivity contribution in [1.29, 1.82) is 0 Å². The molecule has 25 heavy (non-hydrogen) atoms. The van der Waals surface area contributed by atoms with E-state index in [1.165, 1.54) is 12.8 Å². The first-order valence-corrected chi connectivity index (χ1v) is 9.43. The first-order chi connectivity index (χ1) is 11.9. The third-order valence-corrected chi connectivity index (χ3v) is 5.15. The molecule has 1 aliphatic rings. The Bertz CT molecular complexity index is 553. The highest BCUT2D eigenvalue weighted by Gasteiger charge is 2.27. The maximum atomic E-state index is 13.0. The van der Waals surface area contributed by atoms with Crippen LogP contribution in [0.4, 0.5) is 10.5 Å². The summed E-state index contributed by atoms with van der Waals surface area (Å²) in [5.41, 5.74) is 3.16. The second-order valence-electron chi connectivity index (χ2n) is 7.37. The van der Waals surface area contributed by atoms with E-state index in [1.807, 2.05) is 36.9 Å². The van der Waals surface area contributed by atoms with Crippen molar-refractivity contribution in [1.82, 2.24) is 14.7 Å². The molecular weight excluding hydrogens is 312 g/mol. The topological polar surface area (TPSA) is 38.8 Å². The second kappa shape index (κ2) is 9.20. The monoisotopic (exact) mass is 346 g/mol. The van der Waals surface area contributed by atoms with Gasteiger partial charge in [-0.3, -0.25) is 4.90 Å². The van der Waals surface area contributed by atoms with E-state index >= 15 is 0 Å². The molecule has 1 saturated heterocycles. The van der Waals surface area contributed by atoms with E-state index in [0.717, 1.165) is 49.5 Å². The highest BCUT2D eigenvalue weighted by Crippen LogP contribution is 2.21. The van der Waals surface area contributed by atoms with Gasteiger partial charge in [0.25, 0.3) is 0 Å². The van der Waals surface area contributed by atoms with Gasteiger partial charge in [-0.25, -0.2) is 4.79 Å². The van der Waals surface area contributed by atoms with E-state index in [2.05, 4.69) is 36.1 Å². The van der Waals surface area contributed by atoms with Crippen LogP contribution >= 0.6 is 0 Å². The standard InChI is InChI=1S/C20H34N4O/c1-6-23-12-8-11-18(23)15-24(14-13-22(4)5)20(25)21-19-16(2)9-7-10-17(19)3/h7,9-10,18H,6,8,11-15H2,1-5H3,(H,21,25)/t18-/m1/s1. The quantitative estimate of drug-likeness (QED) is 0.824. The number of rotatable bonds is 7. The Labute approximate surface area is 153 Å². The predicted octanol–water partition coefficient (Wildman–Crippen LogP) is 3.18. The number of likely N-dealkylation sites (tertiary alicyclic amines) is 1. The molecule has 2 amide bonds. The number of carbonyl (C=O) groups is 1. The molecule has 1 aromatic rings. The van der Waals surface area contributed by atoms with Gasteiger partial charge in [-0.2, -0.15) is 0 Å². The Morgan fingerprint density at radius 2 is 1.92 bits per heavy atom. The molecule has 5 heteroatoms. The molecule has 1 aromatic carbocycles. The number of nitrogens with one attached hydrogen (secondary N) is 1. The summed E-state index contributed by atoms with van der Waals surface area (Å²) >= 11 is 0. The minimum Gasteiger partial charge on any atom is -0.322 e. The number of benzene rings is 1. The van der Waals surface area contributed by atoms with Crippen molar-refractivity contribution in [2.75, 3.05) is 52.1 Å². The summed E-state index contributed by atoms with van der Waals surface area (Å²) in [5.74, 6) is 0. The van der Waals surface area contributed by atoms with E-state index in [4.69, 9.17) is 0 Å². The fourth-order valence-electron chi connectivity index (χ4n) is 3.57. The molecule has 5 nitrogen and oxygen atoms in total. The molecule has 1 heterocycles. The third kappa shape index (κ3) is 5.44. The maximum absolute atomic E-state index is 13.0. The van der Waals surface area contributed by atoms with Gasteiger partial charge in [0.05, 0.1) is 0 Å². The zero-order valence-corrected chi connectivity index (χ0v) is 16.5. The second-order valence-corrected chi connectivity index (χ2v) is 7.37. The molecule has 2 rings (SSSR count). The van der Waals surface area contributed by atoms with Crippen LogP contribution in [0.25, 0.3) is 0 Å². The lowest BCUT2D eigenvalue weighted by molar-refractivity contribution is 0.172.